The topological polar surface area (TPSA) is 57.0 Å². The predicted molar refractivity (Wildman–Crippen MR) is 63.8 cm³/mol. The highest BCUT2D eigenvalue weighted by Gasteiger charge is 2.06. The molecule has 6 heteroatoms. The first-order valence-corrected chi connectivity index (χ1v) is 5.71. The maximum Gasteiger partial charge on any atom is 0.305 e. The zero-order valence-corrected chi connectivity index (χ0v) is 10.1. The van der Waals surface area contributed by atoms with E-state index in [1.807, 2.05) is 16.8 Å². The third-order valence-electron chi connectivity index (χ3n) is 2.39. The average Bonchev–Trinajstić information content (AvgIpc) is 2.74. The maximum absolute atomic E-state index is 11.0. The minimum Gasteiger partial charge on any atom is -0.464 e. The van der Waals surface area contributed by atoms with Crippen molar-refractivity contribution < 1.29 is 9.53 Å². The SMILES string of the molecule is CCC(=O)OCCn1ccc2c(Cl)ncnc21. The van der Waals surface area contributed by atoms with Crippen LogP contribution in [0.25, 0.3) is 11.0 Å². The Bertz CT molecular complexity index is 538. The molecule has 2 aromatic heterocycles. The van der Waals surface area contributed by atoms with Crippen LogP contribution in [-0.2, 0) is 16.1 Å². The summed E-state index contributed by atoms with van der Waals surface area (Å²) >= 11 is 5.93. The second-order valence-corrected chi connectivity index (χ2v) is 3.84. The zero-order valence-electron chi connectivity index (χ0n) is 9.39. The molecule has 90 valence electrons. The van der Waals surface area contributed by atoms with Gasteiger partial charge >= 0.3 is 5.97 Å². The molecule has 0 saturated heterocycles. The Labute approximate surface area is 103 Å². The van der Waals surface area contributed by atoms with Gasteiger partial charge in [-0.3, -0.25) is 4.79 Å². The number of ether oxygens (including phenoxy) is 1. The van der Waals surface area contributed by atoms with Crippen molar-refractivity contribution in [1.29, 1.82) is 0 Å². The minimum atomic E-state index is -0.200. The first-order valence-electron chi connectivity index (χ1n) is 5.33. The molecule has 0 amide bonds. The number of hydrogen-bond donors (Lipinski definition) is 0. The van der Waals surface area contributed by atoms with Gasteiger partial charge in [0.1, 0.15) is 23.7 Å². The molecule has 0 unspecified atom stereocenters. The molecule has 2 rings (SSSR count). The van der Waals surface area contributed by atoms with Gasteiger partial charge in [-0.25, -0.2) is 9.97 Å². The van der Waals surface area contributed by atoms with Crippen LogP contribution in [0.15, 0.2) is 18.6 Å². The third kappa shape index (κ3) is 2.55. The summed E-state index contributed by atoms with van der Waals surface area (Å²) in [5.74, 6) is -0.200. The van der Waals surface area contributed by atoms with Crippen molar-refractivity contribution in [3.63, 3.8) is 0 Å². The number of esters is 1. The molecule has 17 heavy (non-hydrogen) atoms. The van der Waals surface area contributed by atoms with Gasteiger partial charge in [-0.05, 0) is 6.07 Å². The standard InChI is InChI=1S/C11H12ClN3O2/c1-2-9(16)17-6-5-15-4-3-8-10(12)13-7-14-11(8)15/h3-4,7H,2,5-6H2,1H3. The van der Waals surface area contributed by atoms with Gasteiger partial charge in [0.05, 0.1) is 11.9 Å². The molecule has 0 aliphatic carbocycles. The molecule has 0 atom stereocenters. The fourth-order valence-electron chi connectivity index (χ4n) is 1.51. The molecular weight excluding hydrogens is 242 g/mol. The average molecular weight is 254 g/mol. The van der Waals surface area contributed by atoms with Crippen molar-refractivity contribution in [3.05, 3.63) is 23.7 Å². The summed E-state index contributed by atoms with van der Waals surface area (Å²) in [6.45, 7) is 2.65. The number of nitrogens with zero attached hydrogens (tertiary/aromatic N) is 3. The fraction of sp³-hybridized carbons (Fsp3) is 0.364. The van der Waals surface area contributed by atoms with Crippen molar-refractivity contribution >= 4 is 28.6 Å². The van der Waals surface area contributed by atoms with Gasteiger partial charge in [-0.1, -0.05) is 18.5 Å². The van der Waals surface area contributed by atoms with Crippen LogP contribution in [0.3, 0.4) is 0 Å². The van der Waals surface area contributed by atoms with E-state index in [0.717, 1.165) is 11.0 Å². The zero-order chi connectivity index (χ0) is 12.3. The maximum atomic E-state index is 11.0. The molecule has 0 aliphatic rings. The highest BCUT2D eigenvalue weighted by Crippen LogP contribution is 2.19. The number of fused-ring (bicyclic) bond motifs is 1. The highest BCUT2D eigenvalue weighted by atomic mass is 35.5. The summed E-state index contributed by atoms with van der Waals surface area (Å²) in [6.07, 6.45) is 3.66. The molecule has 0 fully saturated rings. The van der Waals surface area contributed by atoms with E-state index in [0.29, 0.717) is 24.7 Å². The lowest BCUT2D eigenvalue weighted by Gasteiger charge is -2.05. The van der Waals surface area contributed by atoms with Crippen molar-refractivity contribution in [2.24, 2.45) is 0 Å². The molecular formula is C11H12ClN3O2. The lowest BCUT2D eigenvalue weighted by Crippen LogP contribution is -2.10. The van der Waals surface area contributed by atoms with Crippen LogP contribution in [0.5, 0.6) is 0 Å². The van der Waals surface area contributed by atoms with Gasteiger partial charge in [-0.2, -0.15) is 0 Å². The van der Waals surface area contributed by atoms with Crippen molar-refractivity contribution in [1.82, 2.24) is 14.5 Å². The van der Waals surface area contributed by atoms with E-state index < -0.39 is 0 Å². The summed E-state index contributed by atoms with van der Waals surface area (Å²) in [7, 11) is 0. The van der Waals surface area contributed by atoms with Crippen LogP contribution in [0.2, 0.25) is 5.15 Å². The second kappa shape index (κ2) is 5.14. The monoisotopic (exact) mass is 253 g/mol. The lowest BCUT2D eigenvalue weighted by molar-refractivity contribution is -0.143. The number of rotatable bonds is 4. The van der Waals surface area contributed by atoms with Gasteiger partial charge in [-0.15, -0.1) is 0 Å². The Hall–Kier alpha value is -1.62. The van der Waals surface area contributed by atoms with Crippen molar-refractivity contribution in [3.8, 4) is 0 Å². The van der Waals surface area contributed by atoms with Gasteiger partial charge in [0.15, 0.2) is 0 Å². The van der Waals surface area contributed by atoms with Crippen molar-refractivity contribution in [2.75, 3.05) is 6.61 Å². The number of aromatic nitrogens is 3. The van der Waals surface area contributed by atoms with E-state index >= 15 is 0 Å². The Morgan fingerprint density at radius 1 is 1.53 bits per heavy atom. The summed E-state index contributed by atoms with van der Waals surface area (Å²) in [5, 5.41) is 1.23. The molecule has 0 N–H and O–H groups in total. The van der Waals surface area contributed by atoms with Crippen molar-refractivity contribution in [2.45, 2.75) is 19.9 Å². The Morgan fingerprint density at radius 3 is 3.12 bits per heavy atom. The number of halogens is 1. The molecule has 0 spiro atoms. The van der Waals surface area contributed by atoms with E-state index in [9.17, 15) is 4.79 Å². The van der Waals surface area contributed by atoms with E-state index in [2.05, 4.69) is 9.97 Å². The molecule has 0 bridgehead atoms. The summed E-state index contributed by atoms with van der Waals surface area (Å²) in [4.78, 5) is 19.0. The van der Waals surface area contributed by atoms with Gasteiger partial charge in [0, 0.05) is 12.6 Å². The van der Waals surface area contributed by atoms with E-state index in [1.54, 1.807) is 6.92 Å². The Kier molecular flexibility index (Phi) is 3.58. The number of carbonyl (C=O) groups is 1. The first-order chi connectivity index (χ1) is 8.22. The molecule has 0 radical (unpaired) electrons. The predicted octanol–water partition coefficient (Wildman–Crippen LogP) is 2.04. The molecule has 5 nitrogen and oxygen atoms in total. The van der Waals surface area contributed by atoms with Gasteiger partial charge in [0.2, 0.25) is 0 Å². The van der Waals surface area contributed by atoms with Crippen LogP contribution in [-0.4, -0.2) is 27.1 Å². The Morgan fingerprint density at radius 2 is 2.35 bits per heavy atom. The van der Waals surface area contributed by atoms with Crippen LogP contribution in [0.1, 0.15) is 13.3 Å². The minimum absolute atomic E-state index is 0.200. The van der Waals surface area contributed by atoms with E-state index in [4.69, 9.17) is 16.3 Å². The third-order valence-corrected chi connectivity index (χ3v) is 2.69. The van der Waals surface area contributed by atoms with Gasteiger partial charge < -0.3 is 9.30 Å². The quantitative estimate of drug-likeness (QED) is 0.618. The normalized spacial score (nSPS) is 10.7. The summed E-state index contributed by atoms with van der Waals surface area (Å²) < 4.78 is 6.89. The van der Waals surface area contributed by atoms with Gasteiger partial charge in [0.25, 0.3) is 0 Å². The first kappa shape index (κ1) is 11.9. The summed E-state index contributed by atoms with van der Waals surface area (Å²) in [6, 6.07) is 1.85. The molecule has 2 heterocycles. The number of carbonyl (C=O) groups excluding carboxylic acids is 1. The van der Waals surface area contributed by atoms with Crippen LogP contribution >= 0.6 is 11.6 Å². The summed E-state index contributed by atoms with van der Waals surface area (Å²) in [5.41, 5.74) is 0.748. The smallest absolute Gasteiger partial charge is 0.305 e. The van der Waals surface area contributed by atoms with Crippen LogP contribution in [0.4, 0.5) is 0 Å². The highest BCUT2D eigenvalue weighted by molar-refractivity contribution is 6.33. The fourth-order valence-corrected chi connectivity index (χ4v) is 1.70. The number of hydrogen-bond acceptors (Lipinski definition) is 4. The molecule has 2 aromatic rings. The molecule has 0 saturated carbocycles. The molecule has 0 aromatic carbocycles. The van der Waals surface area contributed by atoms with Crippen LogP contribution in [0, 0.1) is 0 Å². The second-order valence-electron chi connectivity index (χ2n) is 3.48. The molecule has 0 aliphatic heterocycles. The van der Waals surface area contributed by atoms with E-state index in [1.165, 1.54) is 6.33 Å². The largest absolute Gasteiger partial charge is 0.464 e. The van der Waals surface area contributed by atoms with E-state index in [-0.39, 0.29) is 5.97 Å². The Balaban J connectivity index is 2.09. The lowest BCUT2D eigenvalue weighted by atomic mass is 10.4. The van der Waals surface area contributed by atoms with Crippen LogP contribution < -0.4 is 0 Å².